The fourth-order valence-electron chi connectivity index (χ4n) is 4.89. The van der Waals surface area contributed by atoms with E-state index in [1.54, 1.807) is 0 Å². The van der Waals surface area contributed by atoms with Gasteiger partial charge >= 0.3 is 21.9 Å². The molecule has 6 atom stereocenters. The third kappa shape index (κ3) is 4.56. The van der Waals surface area contributed by atoms with E-state index in [0.717, 1.165) is 0 Å². The summed E-state index contributed by atoms with van der Waals surface area (Å²) in [5, 5.41) is 41.5. The second-order valence-corrected chi connectivity index (χ2v) is 10.8. The van der Waals surface area contributed by atoms with Crippen molar-refractivity contribution in [3.05, 3.63) is 48.0 Å². The van der Waals surface area contributed by atoms with Crippen molar-refractivity contribution in [1.82, 2.24) is 19.7 Å². The molecule has 2 aromatic heterocycles. The Hall–Kier alpha value is -3.39. The van der Waals surface area contributed by atoms with Gasteiger partial charge in [-0.1, -0.05) is 29.2 Å². The van der Waals surface area contributed by atoms with Crippen LogP contribution in [0, 0.1) is 0 Å². The zero-order valence-electron chi connectivity index (χ0n) is 20.4. The maximum Gasteiger partial charge on any atom is 0.362 e. The summed E-state index contributed by atoms with van der Waals surface area (Å²) in [6.07, 6.45) is -7.33. The number of halogens is 2. The number of alkyl halides is 2. The van der Waals surface area contributed by atoms with Gasteiger partial charge < -0.3 is 30.9 Å². The molecule has 0 bridgehead atoms. The monoisotopic (exact) mass is 587 g/mol. The Balaban J connectivity index is 1.20. The number of rotatable bonds is 8. The lowest BCUT2D eigenvalue weighted by atomic mass is 9.88. The molecule has 0 saturated carbocycles. The molecule has 216 valence electrons. The molecule has 8 N–H and O–H groups in total. The van der Waals surface area contributed by atoms with E-state index in [1.807, 2.05) is 0 Å². The van der Waals surface area contributed by atoms with Gasteiger partial charge in [-0.15, -0.1) is 0 Å². The Bertz CT molecular complexity index is 1560. The van der Waals surface area contributed by atoms with Crippen molar-refractivity contribution < 1.29 is 55.9 Å². The minimum atomic E-state index is -4.83. The highest BCUT2D eigenvalue weighted by molar-refractivity contribution is 7.85. The summed E-state index contributed by atoms with van der Waals surface area (Å²) in [6, 6.07) is 5.17. The van der Waals surface area contributed by atoms with Crippen LogP contribution in [0.2, 0.25) is 0 Å². The molecule has 15 nitrogen and oxygen atoms in total. The summed E-state index contributed by atoms with van der Waals surface area (Å²) >= 11 is 0. The van der Waals surface area contributed by atoms with Crippen LogP contribution in [0.4, 0.5) is 14.6 Å². The largest absolute Gasteiger partial charge is 0.387 e. The van der Waals surface area contributed by atoms with Crippen LogP contribution in [0.15, 0.2) is 36.9 Å². The maximum absolute atomic E-state index is 14.7. The predicted molar refractivity (Wildman–Crippen MR) is 127 cm³/mol. The first-order chi connectivity index (χ1) is 18.8. The Morgan fingerprint density at radius 3 is 2.70 bits per heavy atom. The number of aromatic nitrogens is 4. The summed E-state index contributed by atoms with van der Waals surface area (Å²) in [7, 11) is -4.83. The number of imidazole rings is 1. The molecule has 1 aliphatic carbocycles. The van der Waals surface area contributed by atoms with Crippen molar-refractivity contribution in [3.63, 3.8) is 0 Å². The van der Waals surface area contributed by atoms with Gasteiger partial charge in [0.25, 0.3) is 0 Å². The molecular formula is C22H25F2N6O9S+. The molecule has 2 aliphatic rings. The number of fused-ring (bicyclic) bond motifs is 2. The SMILES string of the molecule is Nc1ncnc2c1[nH]c[n+]2[C@@H]1O[C@H](COS(=O)(=O)NC(=O)CC[C@]2(O)c3ccccc3[C@@H](O)C2(F)F)[C@@H](O)[C@H]1O. The van der Waals surface area contributed by atoms with E-state index >= 15 is 0 Å². The minimum Gasteiger partial charge on any atom is -0.387 e. The van der Waals surface area contributed by atoms with Crippen molar-refractivity contribution in [2.75, 3.05) is 12.3 Å². The number of nitrogens with one attached hydrogen (secondary N) is 2. The number of amides is 1. The zero-order chi connectivity index (χ0) is 29.0. The number of nitrogen functional groups attached to an aromatic ring is 1. The number of H-pyrrole nitrogens is 1. The molecule has 1 aromatic carbocycles. The van der Waals surface area contributed by atoms with Crippen LogP contribution in [0.3, 0.4) is 0 Å². The first-order valence-corrected chi connectivity index (χ1v) is 13.3. The van der Waals surface area contributed by atoms with Crippen LogP contribution in [0.1, 0.15) is 36.3 Å². The Morgan fingerprint density at radius 1 is 1.23 bits per heavy atom. The molecule has 0 radical (unpaired) electrons. The number of benzene rings is 1. The normalized spacial score (nSPS) is 29.5. The number of ether oxygens (including phenoxy) is 1. The molecule has 3 heterocycles. The third-order valence-electron chi connectivity index (χ3n) is 7.00. The highest BCUT2D eigenvalue weighted by Gasteiger charge is 2.64. The second kappa shape index (κ2) is 9.91. The van der Waals surface area contributed by atoms with Gasteiger partial charge in [0, 0.05) is 6.42 Å². The van der Waals surface area contributed by atoms with E-state index < -0.39 is 77.8 Å². The summed E-state index contributed by atoms with van der Waals surface area (Å²) in [5.74, 6) is -5.21. The number of aromatic amines is 1. The number of carbonyl (C=O) groups excluding carboxylic acids is 1. The number of anilines is 1. The molecule has 0 spiro atoms. The number of hydrogen-bond acceptors (Lipinski definition) is 12. The van der Waals surface area contributed by atoms with Crippen LogP contribution in [0.5, 0.6) is 0 Å². The summed E-state index contributed by atoms with van der Waals surface area (Å²) < 4.78 is 67.2. The molecule has 1 saturated heterocycles. The first-order valence-electron chi connectivity index (χ1n) is 11.8. The van der Waals surface area contributed by atoms with Crippen molar-refractivity contribution in [2.45, 2.75) is 55.0 Å². The molecule has 18 heteroatoms. The number of aliphatic hydroxyl groups is 4. The molecule has 0 unspecified atom stereocenters. The van der Waals surface area contributed by atoms with E-state index in [4.69, 9.17) is 14.7 Å². The summed E-state index contributed by atoms with van der Waals surface area (Å²) in [4.78, 5) is 23.0. The molecule has 1 aliphatic heterocycles. The average Bonchev–Trinajstić information content (AvgIpc) is 3.50. The fourth-order valence-corrected chi connectivity index (χ4v) is 5.65. The highest BCUT2D eigenvalue weighted by atomic mass is 32.2. The zero-order valence-corrected chi connectivity index (χ0v) is 21.2. The van der Waals surface area contributed by atoms with E-state index in [2.05, 4.69) is 15.0 Å². The van der Waals surface area contributed by atoms with Crippen LogP contribution >= 0.6 is 0 Å². The van der Waals surface area contributed by atoms with Crippen LogP contribution < -0.4 is 15.0 Å². The van der Waals surface area contributed by atoms with Gasteiger partial charge in [0.05, 0.1) is 6.61 Å². The molecule has 1 amide bonds. The van der Waals surface area contributed by atoms with Gasteiger partial charge in [0.15, 0.2) is 24.1 Å². The molecule has 5 rings (SSSR count). The predicted octanol–water partition coefficient (Wildman–Crippen LogP) is -1.83. The van der Waals surface area contributed by atoms with Gasteiger partial charge in [-0.3, -0.25) is 14.0 Å². The number of carbonyl (C=O) groups is 1. The van der Waals surface area contributed by atoms with Crippen molar-refractivity contribution in [2.24, 2.45) is 0 Å². The van der Waals surface area contributed by atoms with Gasteiger partial charge in [-0.05, 0) is 17.5 Å². The highest BCUT2D eigenvalue weighted by Crippen LogP contribution is 2.56. The van der Waals surface area contributed by atoms with E-state index in [0.29, 0.717) is 5.52 Å². The summed E-state index contributed by atoms with van der Waals surface area (Å²) in [5.41, 5.74) is 2.92. The lowest BCUT2D eigenvalue weighted by molar-refractivity contribution is -0.745. The standard InChI is InChI=1S/C22H24F2N6O9S/c23-22(24)17(34)10-3-1-2-4-11(10)21(22,35)6-5-13(31)29-40(36,37)38-7-12-15(32)16(33)20(39-12)30-9-28-14-18(25)26-8-27-19(14)30/h1-4,8-9,12,15-17,20,32-35H,5-7H2,(H3,25,26,27,29,31)/p+1/t12-,15-,16-,17-,20-,21+/m1/s1. The van der Waals surface area contributed by atoms with Crippen molar-refractivity contribution in [3.8, 4) is 0 Å². The second-order valence-electron chi connectivity index (χ2n) is 9.42. The number of aliphatic hydroxyl groups excluding tert-OH is 3. The number of nitrogens with two attached hydrogens (primary N) is 1. The average molecular weight is 588 g/mol. The van der Waals surface area contributed by atoms with Crippen LogP contribution in [-0.2, 0) is 29.6 Å². The maximum atomic E-state index is 14.7. The lowest BCUT2D eigenvalue weighted by Gasteiger charge is -2.31. The van der Waals surface area contributed by atoms with Crippen molar-refractivity contribution in [1.29, 1.82) is 0 Å². The van der Waals surface area contributed by atoms with E-state index in [-0.39, 0.29) is 22.6 Å². The Labute approximate surface area is 224 Å². The molecular weight excluding hydrogens is 562 g/mol. The third-order valence-corrected chi connectivity index (χ3v) is 7.92. The van der Waals surface area contributed by atoms with Gasteiger partial charge in [0.2, 0.25) is 17.7 Å². The van der Waals surface area contributed by atoms with Crippen LogP contribution in [0.25, 0.3) is 11.2 Å². The minimum absolute atomic E-state index is 0.114. The smallest absolute Gasteiger partial charge is 0.362 e. The fraction of sp³-hybridized carbons (Fsp3) is 0.455. The van der Waals surface area contributed by atoms with E-state index in [9.17, 15) is 42.4 Å². The topological polar surface area (TPSA) is 234 Å². The van der Waals surface area contributed by atoms with Gasteiger partial charge in [0.1, 0.15) is 24.4 Å². The van der Waals surface area contributed by atoms with Gasteiger partial charge in [-0.2, -0.15) is 22.2 Å². The van der Waals surface area contributed by atoms with Gasteiger partial charge in [-0.25, -0.2) is 9.29 Å². The Kier molecular flexibility index (Phi) is 6.97. The van der Waals surface area contributed by atoms with Crippen LogP contribution in [-0.4, -0.2) is 80.5 Å². The lowest BCUT2D eigenvalue weighted by Crippen LogP contribution is -2.45. The van der Waals surface area contributed by atoms with E-state index in [1.165, 1.54) is 46.2 Å². The number of nitrogens with zero attached hydrogens (tertiary/aromatic N) is 3. The first kappa shape index (κ1) is 28.1. The Morgan fingerprint density at radius 2 is 1.95 bits per heavy atom. The quantitative estimate of drug-likeness (QED) is 0.144. The number of hydrogen-bond donors (Lipinski definition) is 7. The molecule has 1 fully saturated rings. The molecule has 3 aromatic rings. The summed E-state index contributed by atoms with van der Waals surface area (Å²) in [6.45, 7) is -0.834. The van der Waals surface area contributed by atoms with Crippen molar-refractivity contribution >= 4 is 33.2 Å². The molecule has 40 heavy (non-hydrogen) atoms.